The van der Waals surface area contributed by atoms with Crippen LogP contribution < -0.4 is 5.32 Å². The maximum atomic E-state index is 12.3. The molecule has 3 nitrogen and oxygen atoms in total. The van der Waals surface area contributed by atoms with Crippen LogP contribution in [-0.2, 0) is 11.2 Å². The SMILES string of the molecule is Cc1ccccc1CCC(=O)N(C)C1CCCNCC1. The molecular formula is C17H26N2O. The third kappa shape index (κ3) is 4.07. The van der Waals surface area contributed by atoms with E-state index in [-0.39, 0.29) is 5.91 Å². The maximum Gasteiger partial charge on any atom is 0.222 e. The second-order valence-corrected chi connectivity index (χ2v) is 5.77. The molecule has 1 N–H and O–H groups in total. The highest BCUT2D eigenvalue weighted by atomic mass is 16.2. The maximum absolute atomic E-state index is 12.3. The summed E-state index contributed by atoms with van der Waals surface area (Å²) in [7, 11) is 1.97. The van der Waals surface area contributed by atoms with Crippen molar-refractivity contribution in [3.8, 4) is 0 Å². The normalized spacial score (nSPS) is 19.4. The van der Waals surface area contributed by atoms with Gasteiger partial charge < -0.3 is 10.2 Å². The summed E-state index contributed by atoms with van der Waals surface area (Å²) in [5, 5.41) is 3.40. The Hall–Kier alpha value is -1.35. The predicted molar refractivity (Wildman–Crippen MR) is 82.8 cm³/mol. The summed E-state index contributed by atoms with van der Waals surface area (Å²) < 4.78 is 0. The molecule has 1 amide bonds. The molecule has 1 unspecified atom stereocenters. The van der Waals surface area contributed by atoms with E-state index in [2.05, 4.69) is 24.4 Å². The lowest BCUT2D eigenvalue weighted by Gasteiger charge is -2.27. The van der Waals surface area contributed by atoms with Gasteiger partial charge in [-0.25, -0.2) is 0 Å². The minimum Gasteiger partial charge on any atom is -0.343 e. The van der Waals surface area contributed by atoms with E-state index in [0.717, 1.165) is 32.4 Å². The molecule has 1 atom stereocenters. The zero-order valence-electron chi connectivity index (χ0n) is 12.7. The molecule has 1 aliphatic heterocycles. The summed E-state index contributed by atoms with van der Waals surface area (Å²) >= 11 is 0. The fourth-order valence-electron chi connectivity index (χ4n) is 2.90. The second kappa shape index (κ2) is 7.44. The number of amides is 1. The van der Waals surface area contributed by atoms with Crippen LogP contribution in [0.15, 0.2) is 24.3 Å². The highest BCUT2D eigenvalue weighted by Crippen LogP contribution is 2.15. The number of carbonyl (C=O) groups is 1. The molecule has 1 heterocycles. The average molecular weight is 274 g/mol. The van der Waals surface area contributed by atoms with Crippen molar-refractivity contribution in [2.75, 3.05) is 20.1 Å². The van der Waals surface area contributed by atoms with Crippen LogP contribution in [-0.4, -0.2) is 37.0 Å². The first-order valence-corrected chi connectivity index (χ1v) is 7.69. The number of carbonyl (C=O) groups excluding carboxylic acids is 1. The van der Waals surface area contributed by atoms with E-state index in [1.54, 1.807) is 0 Å². The Labute approximate surface area is 122 Å². The Balaban J connectivity index is 1.86. The van der Waals surface area contributed by atoms with Gasteiger partial charge in [0.05, 0.1) is 0 Å². The summed E-state index contributed by atoms with van der Waals surface area (Å²) in [5.74, 6) is 0.278. The zero-order valence-corrected chi connectivity index (χ0v) is 12.7. The van der Waals surface area contributed by atoms with E-state index in [4.69, 9.17) is 0 Å². The zero-order chi connectivity index (χ0) is 14.4. The van der Waals surface area contributed by atoms with Crippen LogP contribution in [0.25, 0.3) is 0 Å². The minimum atomic E-state index is 0.278. The number of hydrogen-bond acceptors (Lipinski definition) is 2. The molecule has 1 saturated heterocycles. The standard InChI is InChI=1S/C17H26N2O/c1-14-6-3-4-7-15(14)9-10-17(20)19(2)16-8-5-12-18-13-11-16/h3-4,6-7,16,18H,5,8-13H2,1-2H3. The van der Waals surface area contributed by atoms with E-state index in [9.17, 15) is 4.79 Å². The first kappa shape index (κ1) is 15.0. The molecule has 1 fully saturated rings. The molecule has 0 saturated carbocycles. The molecule has 0 aromatic heterocycles. The molecule has 1 aromatic carbocycles. The Morgan fingerprint density at radius 1 is 1.30 bits per heavy atom. The van der Waals surface area contributed by atoms with Gasteiger partial charge in [0.15, 0.2) is 0 Å². The summed E-state index contributed by atoms with van der Waals surface area (Å²) in [6, 6.07) is 8.74. The van der Waals surface area contributed by atoms with Crippen molar-refractivity contribution < 1.29 is 4.79 Å². The van der Waals surface area contributed by atoms with E-state index in [1.807, 2.05) is 24.1 Å². The van der Waals surface area contributed by atoms with Gasteiger partial charge in [-0.05, 0) is 56.8 Å². The van der Waals surface area contributed by atoms with E-state index >= 15 is 0 Å². The molecule has 20 heavy (non-hydrogen) atoms. The average Bonchev–Trinajstić information content (AvgIpc) is 2.74. The second-order valence-electron chi connectivity index (χ2n) is 5.77. The highest BCUT2D eigenvalue weighted by Gasteiger charge is 2.20. The van der Waals surface area contributed by atoms with Gasteiger partial charge in [-0.3, -0.25) is 4.79 Å². The minimum absolute atomic E-state index is 0.278. The molecule has 2 rings (SSSR count). The molecule has 1 aliphatic rings. The summed E-state index contributed by atoms with van der Waals surface area (Å²) in [5.41, 5.74) is 2.57. The Morgan fingerprint density at radius 2 is 2.10 bits per heavy atom. The number of hydrogen-bond donors (Lipinski definition) is 1. The molecule has 0 spiro atoms. The van der Waals surface area contributed by atoms with Crippen LogP contribution in [0.2, 0.25) is 0 Å². The van der Waals surface area contributed by atoms with Gasteiger partial charge in [0, 0.05) is 19.5 Å². The highest BCUT2D eigenvalue weighted by molar-refractivity contribution is 5.76. The smallest absolute Gasteiger partial charge is 0.222 e. The van der Waals surface area contributed by atoms with E-state index in [1.165, 1.54) is 17.5 Å². The van der Waals surface area contributed by atoms with Gasteiger partial charge in [-0.15, -0.1) is 0 Å². The molecule has 1 aromatic rings. The molecule has 0 aliphatic carbocycles. The van der Waals surface area contributed by atoms with Crippen molar-refractivity contribution in [2.24, 2.45) is 0 Å². The van der Waals surface area contributed by atoms with Gasteiger partial charge in [-0.2, -0.15) is 0 Å². The Morgan fingerprint density at radius 3 is 2.90 bits per heavy atom. The summed E-state index contributed by atoms with van der Waals surface area (Å²) in [4.78, 5) is 14.3. The van der Waals surface area contributed by atoms with Crippen LogP contribution in [0.1, 0.15) is 36.8 Å². The lowest BCUT2D eigenvalue weighted by atomic mass is 10.0. The molecular weight excluding hydrogens is 248 g/mol. The van der Waals surface area contributed by atoms with Crippen molar-refractivity contribution in [1.29, 1.82) is 0 Å². The van der Waals surface area contributed by atoms with Crippen LogP contribution in [0.3, 0.4) is 0 Å². The van der Waals surface area contributed by atoms with Gasteiger partial charge in [0.1, 0.15) is 0 Å². The van der Waals surface area contributed by atoms with E-state index < -0.39 is 0 Å². The number of rotatable bonds is 4. The number of benzene rings is 1. The molecule has 3 heteroatoms. The van der Waals surface area contributed by atoms with Gasteiger partial charge in [-0.1, -0.05) is 24.3 Å². The van der Waals surface area contributed by atoms with E-state index in [0.29, 0.717) is 12.5 Å². The number of aryl methyl sites for hydroxylation is 2. The molecule has 0 bridgehead atoms. The van der Waals surface area contributed by atoms with Crippen molar-refractivity contribution >= 4 is 5.91 Å². The topological polar surface area (TPSA) is 32.3 Å². The fraction of sp³-hybridized carbons (Fsp3) is 0.588. The predicted octanol–water partition coefficient (Wildman–Crippen LogP) is 2.53. The van der Waals surface area contributed by atoms with Crippen LogP contribution in [0, 0.1) is 6.92 Å². The molecule has 110 valence electrons. The third-order valence-corrected chi connectivity index (χ3v) is 4.36. The largest absolute Gasteiger partial charge is 0.343 e. The van der Waals surface area contributed by atoms with Crippen molar-refractivity contribution in [1.82, 2.24) is 10.2 Å². The van der Waals surface area contributed by atoms with Crippen LogP contribution in [0.5, 0.6) is 0 Å². The van der Waals surface area contributed by atoms with Crippen molar-refractivity contribution in [2.45, 2.75) is 45.1 Å². The first-order valence-electron chi connectivity index (χ1n) is 7.69. The van der Waals surface area contributed by atoms with Gasteiger partial charge in [0.2, 0.25) is 5.91 Å². The third-order valence-electron chi connectivity index (χ3n) is 4.36. The summed E-state index contributed by atoms with van der Waals surface area (Å²) in [6.45, 7) is 4.22. The van der Waals surface area contributed by atoms with Crippen LogP contribution in [0.4, 0.5) is 0 Å². The quantitative estimate of drug-likeness (QED) is 0.915. The monoisotopic (exact) mass is 274 g/mol. The van der Waals surface area contributed by atoms with Gasteiger partial charge in [0.25, 0.3) is 0 Å². The van der Waals surface area contributed by atoms with Gasteiger partial charge >= 0.3 is 0 Å². The van der Waals surface area contributed by atoms with Crippen molar-refractivity contribution in [3.05, 3.63) is 35.4 Å². The Bertz CT molecular complexity index is 436. The number of nitrogens with one attached hydrogen (secondary N) is 1. The first-order chi connectivity index (χ1) is 9.68. The van der Waals surface area contributed by atoms with Crippen LogP contribution >= 0.6 is 0 Å². The lowest BCUT2D eigenvalue weighted by Crippen LogP contribution is -2.37. The Kier molecular flexibility index (Phi) is 5.60. The number of nitrogens with zero attached hydrogens (tertiary/aromatic N) is 1. The van der Waals surface area contributed by atoms with Crippen molar-refractivity contribution in [3.63, 3.8) is 0 Å². The fourth-order valence-corrected chi connectivity index (χ4v) is 2.90. The lowest BCUT2D eigenvalue weighted by molar-refractivity contribution is -0.132. The molecule has 0 radical (unpaired) electrons. The summed E-state index contributed by atoms with van der Waals surface area (Å²) in [6.07, 6.45) is 4.83.